The summed E-state index contributed by atoms with van der Waals surface area (Å²) < 4.78 is 7.68. The van der Waals surface area contributed by atoms with Gasteiger partial charge in [-0.15, -0.1) is 10.2 Å². The molecule has 1 aliphatic heterocycles. The molecule has 1 aliphatic rings. The lowest BCUT2D eigenvalue weighted by Gasteiger charge is -2.22. The van der Waals surface area contributed by atoms with Crippen LogP contribution >= 0.6 is 0 Å². The van der Waals surface area contributed by atoms with E-state index in [1.807, 2.05) is 28.5 Å². The van der Waals surface area contributed by atoms with Crippen LogP contribution in [-0.4, -0.2) is 74.2 Å². The van der Waals surface area contributed by atoms with Crippen molar-refractivity contribution < 1.29 is 9.53 Å². The van der Waals surface area contributed by atoms with E-state index in [4.69, 9.17) is 4.74 Å². The van der Waals surface area contributed by atoms with Gasteiger partial charge in [0.2, 0.25) is 5.91 Å². The van der Waals surface area contributed by atoms with E-state index in [0.717, 1.165) is 11.6 Å². The second kappa shape index (κ2) is 7.35. The fourth-order valence-corrected chi connectivity index (χ4v) is 2.62. The first-order valence-corrected chi connectivity index (χ1v) is 7.85. The fraction of sp³-hybridized carbons (Fsp3) is 0.533. The van der Waals surface area contributed by atoms with Gasteiger partial charge in [0, 0.05) is 26.1 Å². The SMILES string of the molecule is CN(C)CC(=O)N1CCc2nnc(COc3cncnc3)n2CC1. The van der Waals surface area contributed by atoms with E-state index in [2.05, 4.69) is 20.2 Å². The Morgan fingerprint density at radius 2 is 2.00 bits per heavy atom. The summed E-state index contributed by atoms with van der Waals surface area (Å²) in [4.78, 5) is 23.8. The minimum absolute atomic E-state index is 0.137. The van der Waals surface area contributed by atoms with E-state index >= 15 is 0 Å². The maximum Gasteiger partial charge on any atom is 0.236 e. The third kappa shape index (κ3) is 3.85. The zero-order valence-electron chi connectivity index (χ0n) is 13.9. The van der Waals surface area contributed by atoms with Gasteiger partial charge in [-0.1, -0.05) is 0 Å². The third-order valence-corrected chi connectivity index (χ3v) is 3.81. The van der Waals surface area contributed by atoms with Crippen LogP contribution < -0.4 is 4.74 Å². The minimum Gasteiger partial charge on any atom is -0.482 e. The molecule has 0 radical (unpaired) electrons. The van der Waals surface area contributed by atoms with Gasteiger partial charge in [0.1, 0.15) is 18.8 Å². The van der Waals surface area contributed by atoms with Crippen molar-refractivity contribution in [1.82, 2.24) is 34.5 Å². The number of carbonyl (C=O) groups is 1. The molecule has 9 heteroatoms. The number of likely N-dealkylation sites (N-methyl/N-ethyl adjacent to an activating group) is 1. The number of ether oxygens (including phenoxy) is 1. The number of nitrogens with zero attached hydrogens (tertiary/aromatic N) is 7. The van der Waals surface area contributed by atoms with Gasteiger partial charge >= 0.3 is 0 Å². The van der Waals surface area contributed by atoms with E-state index in [-0.39, 0.29) is 5.91 Å². The van der Waals surface area contributed by atoms with Crippen LogP contribution in [0.15, 0.2) is 18.7 Å². The summed E-state index contributed by atoms with van der Waals surface area (Å²) >= 11 is 0. The summed E-state index contributed by atoms with van der Waals surface area (Å²) in [6, 6.07) is 0. The van der Waals surface area contributed by atoms with Crippen molar-refractivity contribution in [1.29, 1.82) is 0 Å². The second-order valence-corrected chi connectivity index (χ2v) is 5.92. The first-order chi connectivity index (χ1) is 11.6. The Bertz CT molecular complexity index is 686. The number of aromatic nitrogens is 5. The number of fused-ring (bicyclic) bond motifs is 1. The summed E-state index contributed by atoms with van der Waals surface area (Å²) in [6.45, 7) is 2.71. The smallest absolute Gasteiger partial charge is 0.236 e. The van der Waals surface area contributed by atoms with Crippen molar-refractivity contribution in [2.24, 2.45) is 0 Å². The predicted octanol–water partition coefficient (Wildman–Crippen LogP) is -0.407. The Morgan fingerprint density at radius 1 is 1.21 bits per heavy atom. The highest BCUT2D eigenvalue weighted by Gasteiger charge is 2.22. The summed E-state index contributed by atoms with van der Waals surface area (Å²) in [5.41, 5.74) is 0. The van der Waals surface area contributed by atoms with Crippen molar-refractivity contribution >= 4 is 5.91 Å². The molecule has 1 amide bonds. The maximum atomic E-state index is 12.2. The molecule has 0 bridgehead atoms. The van der Waals surface area contributed by atoms with Crippen LogP contribution in [0, 0.1) is 0 Å². The molecule has 0 saturated heterocycles. The normalized spacial score (nSPS) is 14.4. The number of amides is 1. The summed E-state index contributed by atoms with van der Waals surface area (Å²) in [7, 11) is 3.79. The maximum absolute atomic E-state index is 12.2. The van der Waals surface area contributed by atoms with Gasteiger partial charge in [-0.2, -0.15) is 0 Å². The molecule has 0 aliphatic carbocycles. The van der Waals surface area contributed by atoms with E-state index in [1.165, 1.54) is 6.33 Å². The van der Waals surface area contributed by atoms with Crippen LogP contribution in [0.2, 0.25) is 0 Å². The number of hydrogen-bond donors (Lipinski definition) is 0. The highest BCUT2D eigenvalue weighted by molar-refractivity contribution is 5.78. The highest BCUT2D eigenvalue weighted by Crippen LogP contribution is 2.12. The Labute approximate surface area is 140 Å². The molecule has 0 atom stereocenters. The molecule has 9 nitrogen and oxygen atoms in total. The number of rotatable bonds is 5. The lowest BCUT2D eigenvalue weighted by molar-refractivity contribution is -0.131. The van der Waals surface area contributed by atoms with E-state index in [1.54, 1.807) is 12.4 Å². The van der Waals surface area contributed by atoms with Gasteiger partial charge in [0.05, 0.1) is 18.9 Å². The molecule has 2 aromatic heterocycles. The zero-order chi connectivity index (χ0) is 16.9. The molecule has 2 aromatic rings. The van der Waals surface area contributed by atoms with Crippen molar-refractivity contribution in [3.63, 3.8) is 0 Å². The van der Waals surface area contributed by atoms with Crippen molar-refractivity contribution in [2.75, 3.05) is 33.7 Å². The standard InChI is InChI=1S/C15H21N7O2/c1-20(2)9-15(23)21-4-3-13-18-19-14(22(13)6-5-21)10-24-12-7-16-11-17-8-12/h7-8,11H,3-6,9-10H2,1-2H3. The van der Waals surface area contributed by atoms with Crippen LogP contribution in [0.4, 0.5) is 0 Å². The molecule has 128 valence electrons. The molecule has 0 N–H and O–H groups in total. The lowest BCUT2D eigenvalue weighted by atomic mass is 10.3. The van der Waals surface area contributed by atoms with Gasteiger partial charge in [0.15, 0.2) is 11.6 Å². The molecular formula is C15H21N7O2. The molecule has 0 aromatic carbocycles. The average Bonchev–Trinajstić information content (AvgIpc) is 2.82. The molecular weight excluding hydrogens is 310 g/mol. The second-order valence-electron chi connectivity index (χ2n) is 5.92. The van der Waals surface area contributed by atoms with Gasteiger partial charge in [-0.05, 0) is 14.1 Å². The molecule has 0 saturated carbocycles. The fourth-order valence-electron chi connectivity index (χ4n) is 2.62. The molecule has 0 spiro atoms. The Hall–Kier alpha value is -2.55. The van der Waals surface area contributed by atoms with E-state index in [0.29, 0.717) is 45.0 Å². The number of carbonyl (C=O) groups excluding carboxylic acids is 1. The van der Waals surface area contributed by atoms with Crippen LogP contribution in [0.5, 0.6) is 5.75 Å². The monoisotopic (exact) mass is 331 g/mol. The number of hydrogen-bond acceptors (Lipinski definition) is 7. The third-order valence-electron chi connectivity index (χ3n) is 3.81. The summed E-state index contributed by atoms with van der Waals surface area (Å²) in [6.07, 6.45) is 5.36. The highest BCUT2D eigenvalue weighted by atomic mass is 16.5. The lowest BCUT2D eigenvalue weighted by Crippen LogP contribution is -2.39. The van der Waals surface area contributed by atoms with Crippen molar-refractivity contribution in [2.45, 2.75) is 19.6 Å². The Morgan fingerprint density at radius 3 is 2.75 bits per heavy atom. The van der Waals surface area contributed by atoms with Gasteiger partial charge in [-0.25, -0.2) is 9.97 Å². The first-order valence-electron chi connectivity index (χ1n) is 7.85. The predicted molar refractivity (Wildman–Crippen MR) is 85.2 cm³/mol. The van der Waals surface area contributed by atoms with Crippen LogP contribution in [0.25, 0.3) is 0 Å². The molecule has 0 unspecified atom stereocenters. The minimum atomic E-state index is 0.137. The quantitative estimate of drug-likeness (QED) is 0.736. The zero-order valence-corrected chi connectivity index (χ0v) is 13.9. The molecule has 0 fully saturated rings. The van der Waals surface area contributed by atoms with Gasteiger partial charge in [0.25, 0.3) is 0 Å². The van der Waals surface area contributed by atoms with E-state index in [9.17, 15) is 4.79 Å². The van der Waals surface area contributed by atoms with Crippen molar-refractivity contribution in [3.05, 3.63) is 30.4 Å². The van der Waals surface area contributed by atoms with Gasteiger partial charge in [-0.3, -0.25) is 4.79 Å². The summed E-state index contributed by atoms with van der Waals surface area (Å²) in [5.74, 6) is 2.36. The largest absolute Gasteiger partial charge is 0.482 e. The average molecular weight is 331 g/mol. The Kier molecular flexibility index (Phi) is 4.99. The van der Waals surface area contributed by atoms with Gasteiger partial charge < -0.3 is 19.1 Å². The first kappa shape index (κ1) is 16.3. The van der Waals surface area contributed by atoms with Crippen LogP contribution in [0.1, 0.15) is 11.6 Å². The Balaban J connectivity index is 1.63. The molecule has 3 heterocycles. The van der Waals surface area contributed by atoms with Crippen LogP contribution in [-0.2, 0) is 24.4 Å². The topological polar surface area (TPSA) is 89.3 Å². The summed E-state index contributed by atoms with van der Waals surface area (Å²) in [5, 5.41) is 8.45. The van der Waals surface area contributed by atoms with Crippen molar-refractivity contribution in [3.8, 4) is 5.75 Å². The molecule has 3 rings (SSSR count). The molecule has 24 heavy (non-hydrogen) atoms. The van der Waals surface area contributed by atoms with E-state index < -0.39 is 0 Å². The van der Waals surface area contributed by atoms with Crippen LogP contribution in [0.3, 0.4) is 0 Å².